The van der Waals surface area contributed by atoms with Crippen LogP contribution < -0.4 is 5.32 Å². The third-order valence-corrected chi connectivity index (χ3v) is 10.9. The van der Waals surface area contributed by atoms with E-state index in [9.17, 15) is 20.1 Å². The maximum Gasteiger partial charge on any atom is 0.220 e. The van der Waals surface area contributed by atoms with Crippen molar-refractivity contribution < 1.29 is 25.2 Å². The van der Waals surface area contributed by atoms with E-state index < -0.39 is 18.2 Å². The highest BCUT2D eigenvalue weighted by Crippen LogP contribution is 2.17. The van der Waals surface area contributed by atoms with E-state index in [4.69, 9.17) is 5.11 Å². The van der Waals surface area contributed by atoms with E-state index in [0.29, 0.717) is 19.4 Å². The Kier molecular flexibility index (Phi) is 42.0. The molecule has 0 fully saturated rings. The molecule has 0 saturated carbocycles. The van der Waals surface area contributed by atoms with E-state index in [1.165, 1.54) is 192 Å². The highest BCUT2D eigenvalue weighted by Gasteiger charge is 2.18. The standard InChI is InChI=1S/C46H91NO5/c1-2-3-4-5-6-7-25-28-31-34-37-43(50)39-40-45(51)44(42-49)47-46(52)38-35-32-29-26-23-21-19-17-15-13-11-9-8-10-12-14-16-18-20-22-24-27-30-33-36-41-48/h39-40,43-45,48-51H,2-38,41-42H2,1H3,(H,47,52)/b40-39+/t43-,44+,45-/m1/s1. The number of hydrogen-bond donors (Lipinski definition) is 5. The first-order chi connectivity index (χ1) is 25.5. The fourth-order valence-corrected chi connectivity index (χ4v) is 7.29. The third-order valence-electron chi connectivity index (χ3n) is 10.9. The molecule has 52 heavy (non-hydrogen) atoms. The highest BCUT2D eigenvalue weighted by atomic mass is 16.3. The van der Waals surface area contributed by atoms with Gasteiger partial charge in [-0.1, -0.05) is 231 Å². The topological polar surface area (TPSA) is 110 Å². The molecule has 1 amide bonds. The number of carbonyl (C=O) groups is 1. The monoisotopic (exact) mass is 738 g/mol. The first-order valence-corrected chi connectivity index (χ1v) is 23.1. The second-order valence-corrected chi connectivity index (χ2v) is 16.1. The Morgan fingerprint density at radius 3 is 1.13 bits per heavy atom. The summed E-state index contributed by atoms with van der Waals surface area (Å²) in [6, 6.07) is -0.743. The van der Waals surface area contributed by atoms with Gasteiger partial charge in [0.15, 0.2) is 0 Å². The van der Waals surface area contributed by atoms with E-state index in [0.717, 1.165) is 38.5 Å². The molecule has 0 aliphatic carbocycles. The van der Waals surface area contributed by atoms with Gasteiger partial charge in [0.05, 0.1) is 24.9 Å². The van der Waals surface area contributed by atoms with Crippen LogP contribution in [0.25, 0.3) is 0 Å². The molecule has 0 aliphatic heterocycles. The first kappa shape index (κ1) is 51.0. The molecule has 0 rings (SSSR count). The van der Waals surface area contributed by atoms with Gasteiger partial charge in [0.2, 0.25) is 5.91 Å². The molecule has 0 radical (unpaired) electrons. The predicted octanol–water partition coefficient (Wildman–Crippen LogP) is 12.2. The normalized spacial score (nSPS) is 13.6. The van der Waals surface area contributed by atoms with Crippen molar-refractivity contribution in [2.75, 3.05) is 13.2 Å². The van der Waals surface area contributed by atoms with Gasteiger partial charge in [-0.25, -0.2) is 0 Å². The number of unbranched alkanes of at least 4 members (excludes halogenated alkanes) is 33. The number of hydrogen-bond acceptors (Lipinski definition) is 5. The van der Waals surface area contributed by atoms with Crippen molar-refractivity contribution in [3.63, 3.8) is 0 Å². The molecule has 0 aliphatic rings. The van der Waals surface area contributed by atoms with Crippen LogP contribution in [-0.4, -0.2) is 57.8 Å². The molecular weight excluding hydrogens is 647 g/mol. The van der Waals surface area contributed by atoms with Crippen LogP contribution in [0.3, 0.4) is 0 Å². The number of aliphatic hydroxyl groups is 4. The molecule has 0 heterocycles. The molecule has 0 spiro atoms. The third kappa shape index (κ3) is 38.8. The van der Waals surface area contributed by atoms with Crippen molar-refractivity contribution in [1.82, 2.24) is 5.32 Å². The average molecular weight is 738 g/mol. The quantitative estimate of drug-likeness (QED) is 0.0316. The van der Waals surface area contributed by atoms with Crippen molar-refractivity contribution in [3.8, 4) is 0 Å². The lowest BCUT2D eigenvalue weighted by Gasteiger charge is -2.20. The van der Waals surface area contributed by atoms with Crippen LogP contribution in [0, 0.1) is 0 Å². The number of carbonyl (C=O) groups excluding carboxylic acids is 1. The fourth-order valence-electron chi connectivity index (χ4n) is 7.29. The molecule has 6 nitrogen and oxygen atoms in total. The molecule has 0 aromatic heterocycles. The van der Waals surface area contributed by atoms with Crippen LogP contribution in [0.4, 0.5) is 0 Å². The molecule has 0 aromatic carbocycles. The van der Waals surface area contributed by atoms with Gasteiger partial charge in [-0.2, -0.15) is 0 Å². The molecule has 5 N–H and O–H groups in total. The minimum absolute atomic E-state index is 0.128. The van der Waals surface area contributed by atoms with Gasteiger partial charge in [0, 0.05) is 13.0 Å². The van der Waals surface area contributed by atoms with Gasteiger partial charge in [-0.15, -0.1) is 0 Å². The van der Waals surface area contributed by atoms with Crippen LogP contribution in [-0.2, 0) is 4.79 Å². The summed E-state index contributed by atoms with van der Waals surface area (Å²) < 4.78 is 0. The molecule has 0 unspecified atom stereocenters. The molecule has 0 saturated heterocycles. The Bertz CT molecular complexity index is 732. The van der Waals surface area contributed by atoms with Crippen LogP contribution >= 0.6 is 0 Å². The van der Waals surface area contributed by atoms with Crippen LogP contribution in [0.15, 0.2) is 12.2 Å². The van der Waals surface area contributed by atoms with Gasteiger partial charge in [-0.3, -0.25) is 4.79 Å². The zero-order chi connectivity index (χ0) is 38.0. The smallest absolute Gasteiger partial charge is 0.220 e. The maximum absolute atomic E-state index is 12.4. The van der Waals surface area contributed by atoms with Gasteiger partial charge < -0.3 is 25.7 Å². The minimum atomic E-state index is -1.01. The summed E-state index contributed by atoms with van der Waals surface area (Å²) in [6.45, 7) is 2.27. The van der Waals surface area contributed by atoms with Crippen molar-refractivity contribution in [2.24, 2.45) is 0 Å². The largest absolute Gasteiger partial charge is 0.396 e. The van der Waals surface area contributed by atoms with E-state index >= 15 is 0 Å². The Balaban J connectivity index is 3.53. The second kappa shape index (κ2) is 42.8. The average Bonchev–Trinajstić information content (AvgIpc) is 3.15. The minimum Gasteiger partial charge on any atom is -0.396 e. The van der Waals surface area contributed by atoms with E-state index in [1.807, 2.05) is 0 Å². The second-order valence-electron chi connectivity index (χ2n) is 16.1. The highest BCUT2D eigenvalue weighted by molar-refractivity contribution is 5.76. The van der Waals surface area contributed by atoms with Gasteiger partial charge in [-0.05, 0) is 19.3 Å². The van der Waals surface area contributed by atoms with Gasteiger partial charge >= 0.3 is 0 Å². The summed E-state index contributed by atoms with van der Waals surface area (Å²) in [5.41, 5.74) is 0. The molecule has 0 bridgehead atoms. The Hall–Kier alpha value is -0.950. The molecule has 3 atom stereocenters. The van der Waals surface area contributed by atoms with Crippen molar-refractivity contribution >= 4 is 5.91 Å². The van der Waals surface area contributed by atoms with Crippen molar-refractivity contribution in [2.45, 2.75) is 263 Å². The predicted molar refractivity (Wildman–Crippen MR) is 224 cm³/mol. The Labute approximate surface area is 323 Å². The summed E-state index contributed by atoms with van der Waals surface area (Å²) in [4.78, 5) is 12.4. The lowest BCUT2D eigenvalue weighted by atomic mass is 10.0. The molecule has 6 heteroatoms. The maximum atomic E-state index is 12.4. The van der Waals surface area contributed by atoms with Crippen molar-refractivity contribution in [1.29, 1.82) is 0 Å². The zero-order valence-corrected chi connectivity index (χ0v) is 34.7. The SMILES string of the molecule is CCCCCCCCCCCC[C@@H](O)/C=C/[C@@H](O)[C@H](CO)NC(=O)CCCCCCCCCCCCCCCCCCCCCCCCCCCO. The Morgan fingerprint density at radius 1 is 0.462 bits per heavy atom. The first-order valence-electron chi connectivity index (χ1n) is 23.1. The van der Waals surface area contributed by atoms with Crippen LogP contribution in [0.1, 0.15) is 244 Å². The van der Waals surface area contributed by atoms with E-state index in [-0.39, 0.29) is 12.5 Å². The Morgan fingerprint density at radius 2 is 0.788 bits per heavy atom. The number of rotatable bonds is 43. The summed E-state index contributed by atoms with van der Waals surface area (Å²) in [7, 11) is 0. The number of nitrogens with one attached hydrogen (secondary N) is 1. The molecule has 0 aromatic rings. The summed E-state index contributed by atoms with van der Waals surface area (Å²) in [5.74, 6) is -0.128. The van der Waals surface area contributed by atoms with E-state index in [2.05, 4.69) is 12.2 Å². The van der Waals surface area contributed by atoms with E-state index in [1.54, 1.807) is 6.08 Å². The van der Waals surface area contributed by atoms with Gasteiger partial charge in [0.1, 0.15) is 0 Å². The van der Waals surface area contributed by atoms with Crippen LogP contribution in [0.5, 0.6) is 0 Å². The molecular formula is C46H91NO5. The summed E-state index contributed by atoms with van der Waals surface area (Å²) >= 11 is 0. The fraction of sp³-hybridized carbons (Fsp3) is 0.935. The summed E-state index contributed by atoms with van der Waals surface area (Å²) in [6.07, 6.45) is 47.9. The van der Waals surface area contributed by atoms with Gasteiger partial charge in [0.25, 0.3) is 0 Å². The zero-order valence-electron chi connectivity index (χ0n) is 34.7. The van der Waals surface area contributed by atoms with Crippen LogP contribution in [0.2, 0.25) is 0 Å². The molecule has 310 valence electrons. The number of aliphatic hydroxyl groups excluding tert-OH is 4. The summed E-state index contributed by atoms with van der Waals surface area (Å²) in [5, 5.41) is 42.0. The lowest BCUT2D eigenvalue weighted by molar-refractivity contribution is -0.123. The lowest BCUT2D eigenvalue weighted by Crippen LogP contribution is -2.45. The number of amides is 1. The van der Waals surface area contributed by atoms with Crippen molar-refractivity contribution in [3.05, 3.63) is 12.2 Å².